The van der Waals surface area contributed by atoms with Crippen LogP contribution in [0.5, 0.6) is 0 Å². The van der Waals surface area contributed by atoms with Crippen LogP contribution in [0.15, 0.2) is 48.8 Å². The zero-order valence-corrected chi connectivity index (χ0v) is 27.4. The lowest BCUT2D eigenvalue weighted by atomic mass is 9.62. The summed E-state index contributed by atoms with van der Waals surface area (Å²) in [6, 6.07) is 12.7. The maximum absolute atomic E-state index is 14.0. The maximum atomic E-state index is 14.0. The summed E-state index contributed by atoms with van der Waals surface area (Å²) in [5.74, 6) is 2.18. The summed E-state index contributed by atoms with van der Waals surface area (Å²) in [7, 11) is 1.96. The van der Waals surface area contributed by atoms with E-state index in [-0.39, 0.29) is 16.9 Å². The molecule has 0 saturated heterocycles. The zero-order valence-electron chi connectivity index (χ0n) is 27.4. The number of imidazole rings is 1. The van der Waals surface area contributed by atoms with Crippen molar-refractivity contribution in [3.63, 3.8) is 0 Å². The molecule has 3 fully saturated rings. The smallest absolute Gasteiger partial charge is 0.408 e. The van der Waals surface area contributed by atoms with E-state index < -0.39 is 22.8 Å². The number of aromatic nitrogens is 4. The highest BCUT2D eigenvalue weighted by molar-refractivity contribution is 5.99. The molecule has 3 aliphatic heterocycles. The van der Waals surface area contributed by atoms with Gasteiger partial charge in [-0.05, 0) is 92.7 Å². The largest absolute Gasteiger partial charge is 0.444 e. The molecule has 3 saturated carbocycles. The lowest BCUT2D eigenvalue weighted by Gasteiger charge is -2.49. The number of carbonyl (C=O) groups is 2. The summed E-state index contributed by atoms with van der Waals surface area (Å²) in [5.41, 5.74) is 5.71. The summed E-state index contributed by atoms with van der Waals surface area (Å²) in [5, 5.41) is 3.06. The second-order valence-corrected chi connectivity index (χ2v) is 16.1. The van der Waals surface area contributed by atoms with Gasteiger partial charge in [-0.25, -0.2) is 19.7 Å². The van der Waals surface area contributed by atoms with Crippen molar-refractivity contribution in [1.82, 2.24) is 29.7 Å². The Labute approximate surface area is 268 Å². The quantitative estimate of drug-likeness (QED) is 0.272. The summed E-state index contributed by atoms with van der Waals surface area (Å²) < 4.78 is 8.00. The highest BCUT2D eigenvalue weighted by Crippen LogP contribution is 2.71. The van der Waals surface area contributed by atoms with E-state index in [1.807, 2.05) is 51.2 Å². The molecule has 2 aromatic carbocycles. The van der Waals surface area contributed by atoms with Crippen molar-refractivity contribution < 1.29 is 14.3 Å². The average Bonchev–Trinajstić information content (AvgIpc) is 3.25. The van der Waals surface area contributed by atoms with Crippen molar-refractivity contribution >= 4 is 23.0 Å². The minimum absolute atomic E-state index is 0.108. The molecule has 3 aliphatic carbocycles. The Kier molecular flexibility index (Phi) is 5.20. The molecule has 0 radical (unpaired) electrons. The monoisotopic (exact) mass is 616 g/mol. The fourth-order valence-electron chi connectivity index (χ4n) is 9.00. The number of alkyl carbamates (subject to hydrolysis) is 1. The van der Waals surface area contributed by atoms with E-state index in [0.29, 0.717) is 11.7 Å². The fourth-order valence-corrected chi connectivity index (χ4v) is 9.00. The molecule has 1 unspecified atom stereocenters. The van der Waals surface area contributed by atoms with Gasteiger partial charge < -0.3 is 19.5 Å². The van der Waals surface area contributed by atoms with Gasteiger partial charge in [0, 0.05) is 43.4 Å². The fraction of sp³-hybridized carbons (Fsp3) is 0.486. The van der Waals surface area contributed by atoms with E-state index in [4.69, 9.17) is 19.7 Å². The molecule has 9 heteroatoms. The number of hydrogen-bond donors (Lipinski definition) is 1. The predicted molar refractivity (Wildman–Crippen MR) is 173 cm³/mol. The third-order valence-electron chi connectivity index (χ3n) is 11.7. The summed E-state index contributed by atoms with van der Waals surface area (Å²) in [4.78, 5) is 43.3. The van der Waals surface area contributed by atoms with E-state index in [2.05, 4.69) is 54.1 Å². The number of fused-ring (bicyclic) bond motifs is 2. The number of nitrogens with zero attached hydrogens (tertiary/aromatic N) is 5. The van der Waals surface area contributed by atoms with E-state index >= 15 is 0 Å². The molecule has 236 valence electrons. The van der Waals surface area contributed by atoms with Gasteiger partial charge >= 0.3 is 6.09 Å². The number of benzene rings is 2. The van der Waals surface area contributed by atoms with Gasteiger partial charge in [0.15, 0.2) is 5.82 Å². The van der Waals surface area contributed by atoms with Crippen molar-refractivity contribution in [3.05, 3.63) is 77.1 Å². The topological polar surface area (TPSA) is 102 Å². The molecule has 10 rings (SSSR count). The molecule has 2 bridgehead atoms. The molecular weight excluding hydrogens is 576 g/mol. The van der Waals surface area contributed by atoms with Crippen LogP contribution in [0.3, 0.4) is 0 Å². The van der Waals surface area contributed by atoms with Gasteiger partial charge in [-0.15, -0.1) is 0 Å². The molecule has 0 spiro atoms. The molecule has 1 atom stereocenters. The molecule has 2 aromatic heterocycles. The van der Waals surface area contributed by atoms with Gasteiger partial charge in [-0.3, -0.25) is 4.79 Å². The van der Waals surface area contributed by atoms with E-state index in [1.54, 1.807) is 0 Å². The molecular formula is C37H40N6O3. The van der Waals surface area contributed by atoms with Gasteiger partial charge in [0.25, 0.3) is 5.91 Å². The Morgan fingerprint density at radius 1 is 1.02 bits per heavy atom. The first-order valence-electron chi connectivity index (χ1n) is 16.6. The maximum Gasteiger partial charge on any atom is 0.408 e. The van der Waals surface area contributed by atoms with Crippen molar-refractivity contribution in [1.29, 1.82) is 0 Å². The highest BCUT2D eigenvalue weighted by atomic mass is 16.6. The van der Waals surface area contributed by atoms with Crippen molar-refractivity contribution in [2.24, 2.45) is 5.41 Å². The number of amides is 2. The van der Waals surface area contributed by atoms with Crippen LogP contribution in [0.4, 0.5) is 4.79 Å². The SMILES string of the molecule is CN1C(=O)c2cccc(C3CC3(C)C)c2C23CC1(C2)c1nc2ccc(-c4cnc(C5(NC(=O)OC(C)(C)C)CCC5)nc4)cc2n13. The standard InChI is InChI=1S/C37H40N6O3/c1-33(2,3)46-32(45)41-35(13-8-14-35)30-38-17-22(18-39-30)21-11-12-26-27(15-21)43-31(40-26)37-19-36(43,20-37)28-23(25-16-34(25,4)5)9-7-10-24(28)29(44)42(37)6/h7,9-12,15,17-18,25H,8,13-14,16,19-20H2,1-6H3,(H,41,45). The number of ether oxygens (including phenoxy) is 1. The van der Waals surface area contributed by atoms with Gasteiger partial charge in [0.2, 0.25) is 0 Å². The predicted octanol–water partition coefficient (Wildman–Crippen LogP) is 6.74. The van der Waals surface area contributed by atoms with E-state index in [9.17, 15) is 9.59 Å². The Bertz CT molecular complexity index is 1990. The van der Waals surface area contributed by atoms with Crippen LogP contribution in [0, 0.1) is 5.41 Å². The second kappa shape index (κ2) is 8.55. The number of hydrogen-bond acceptors (Lipinski definition) is 6. The zero-order chi connectivity index (χ0) is 32.0. The lowest BCUT2D eigenvalue weighted by molar-refractivity contribution is 0.0106. The van der Waals surface area contributed by atoms with E-state index in [1.165, 1.54) is 11.1 Å². The van der Waals surface area contributed by atoms with Gasteiger partial charge in [0.1, 0.15) is 22.5 Å². The molecule has 5 heterocycles. The molecule has 1 N–H and O–H groups in total. The molecule has 46 heavy (non-hydrogen) atoms. The third-order valence-corrected chi connectivity index (χ3v) is 11.7. The van der Waals surface area contributed by atoms with Crippen LogP contribution >= 0.6 is 0 Å². The lowest BCUT2D eigenvalue weighted by Crippen LogP contribution is -2.54. The van der Waals surface area contributed by atoms with Gasteiger partial charge in [-0.2, -0.15) is 0 Å². The van der Waals surface area contributed by atoms with Crippen molar-refractivity contribution in [2.75, 3.05) is 7.05 Å². The van der Waals surface area contributed by atoms with Crippen LogP contribution < -0.4 is 5.32 Å². The molecule has 4 aromatic rings. The Morgan fingerprint density at radius 3 is 2.37 bits per heavy atom. The first kappa shape index (κ1) is 28.0. The minimum Gasteiger partial charge on any atom is -0.444 e. The van der Waals surface area contributed by atoms with Crippen LogP contribution in [0.1, 0.15) is 112 Å². The number of rotatable bonds is 4. The van der Waals surface area contributed by atoms with Crippen LogP contribution in [0.2, 0.25) is 0 Å². The van der Waals surface area contributed by atoms with Gasteiger partial charge in [0.05, 0.1) is 16.6 Å². The molecule has 6 aliphatic rings. The summed E-state index contributed by atoms with van der Waals surface area (Å²) in [6.07, 6.45) is 8.70. The summed E-state index contributed by atoms with van der Waals surface area (Å²) >= 11 is 0. The Balaban J connectivity index is 1.11. The highest BCUT2D eigenvalue weighted by Gasteiger charge is 2.73. The van der Waals surface area contributed by atoms with Crippen LogP contribution in [-0.2, 0) is 21.4 Å². The van der Waals surface area contributed by atoms with Crippen LogP contribution in [0.25, 0.3) is 22.2 Å². The van der Waals surface area contributed by atoms with Crippen molar-refractivity contribution in [3.8, 4) is 11.1 Å². The Morgan fingerprint density at radius 2 is 1.74 bits per heavy atom. The first-order chi connectivity index (χ1) is 21.8. The summed E-state index contributed by atoms with van der Waals surface area (Å²) in [6.45, 7) is 10.2. The molecule has 9 nitrogen and oxygen atoms in total. The Hall–Kier alpha value is -4.27. The first-order valence-corrected chi connectivity index (χ1v) is 16.6. The van der Waals surface area contributed by atoms with E-state index in [0.717, 1.165) is 72.1 Å². The van der Waals surface area contributed by atoms with Crippen molar-refractivity contribution in [2.45, 2.75) is 101 Å². The number of carbonyl (C=O) groups excluding carboxylic acids is 2. The third kappa shape index (κ3) is 3.54. The second-order valence-electron chi connectivity index (χ2n) is 16.1. The number of nitrogens with one attached hydrogen (secondary N) is 1. The molecule has 2 amide bonds. The van der Waals surface area contributed by atoms with Gasteiger partial charge in [-0.1, -0.05) is 32.0 Å². The van der Waals surface area contributed by atoms with Crippen LogP contribution in [-0.4, -0.2) is 49.1 Å². The average molecular weight is 617 g/mol. The normalized spacial score (nSPS) is 27.7. The minimum atomic E-state index is -0.600.